The molecule has 170 valence electrons. The van der Waals surface area contributed by atoms with Crippen LogP contribution in [-0.4, -0.2) is 34.5 Å². The first-order valence-electron chi connectivity index (χ1n) is 10.4. The van der Waals surface area contributed by atoms with Crippen molar-refractivity contribution in [2.75, 3.05) is 22.1 Å². The predicted molar refractivity (Wildman–Crippen MR) is 129 cm³/mol. The highest BCUT2D eigenvalue weighted by molar-refractivity contribution is 7.15. The second-order valence-corrected chi connectivity index (χ2v) is 9.13. The molecule has 1 atom stereocenters. The van der Waals surface area contributed by atoms with Crippen molar-refractivity contribution in [1.29, 1.82) is 0 Å². The quantitative estimate of drug-likeness (QED) is 0.532. The summed E-state index contributed by atoms with van der Waals surface area (Å²) in [6.45, 7) is 4.16. The largest absolute Gasteiger partial charge is 0.326 e. The van der Waals surface area contributed by atoms with Gasteiger partial charge in [-0.05, 0) is 48.9 Å². The van der Waals surface area contributed by atoms with Gasteiger partial charge in [-0.2, -0.15) is 0 Å². The van der Waals surface area contributed by atoms with Crippen LogP contribution >= 0.6 is 22.9 Å². The van der Waals surface area contributed by atoms with Crippen molar-refractivity contribution in [3.05, 3.63) is 63.6 Å². The number of hydrogen-bond acceptors (Lipinski definition) is 6. The van der Waals surface area contributed by atoms with Gasteiger partial charge in [0.05, 0.1) is 0 Å². The molecule has 4 rings (SSSR count). The second kappa shape index (κ2) is 9.68. The Morgan fingerprint density at radius 1 is 1.15 bits per heavy atom. The molecule has 1 unspecified atom stereocenters. The number of halogens is 1. The molecule has 1 aromatic heterocycles. The third-order valence-electron chi connectivity index (χ3n) is 5.35. The number of anilines is 3. The average molecular weight is 484 g/mol. The molecule has 0 aliphatic carbocycles. The molecule has 3 amide bonds. The van der Waals surface area contributed by atoms with Crippen LogP contribution in [0.2, 0.25) is 5.02 Å². The van der Waals surface area contributed by atoms with E-state index in [1.54, 1.807) is 42.2 Å². The van der Waals surface area contributed by atoms with Gasteiger partial charge in [-0.15, -0.1) is 10.2 Å². The summed E-state index contributed by atoms with van der Waals surface area (Å²) in [6, 6.07) is 12.2. The third kappa shape index (κ3) is 5.20. The maximum Gasteiger partial charge on any atom is 0.257 e. The fourth-order valence-corrected chi connectivity index (χ4v) is 4.45. The van der Waals surface area contributed by atoms with Crippen LogP contribution in [0.3, 0.4) is 0 Å². The van der Waals surface area contributed by atoms with E-state index in [0.717, 1.165) is 11.3 Å². The number of aryl methyl sites for hydroxylation is 1. The van der Waals surface area contributed by atoms with Crippen LogP contribution in [0.1, 0.15) is 46.6 Å². The molecule has 2 N–H and O–H groups in total. The number of carbonyl (C=O) groups excluding carboxylic acids is 3. The van der Waals surface area contributed by atoms with Crippen molar-refractivity contribution in [1.82, 2.24) is 10.2 Å². The highest BCUT2D eigenvalue weighted by Gasteiger charge is 2.34. The zero-order valence-corrected chi connectivity index (χ0v) is 19.7. The second-order valence-electron chi connectivity index (χ2n) is 7.72. The first kappa shape index (κ1) is 22.9. The van der Waals surface area contributed by atoms with Crippen molar-refractivity contribution in [3.8, 4) is 0 Å². The third-order valence-corrected chi connectivity index (χ3v) is 6.76. The van der Waals surface area contributed by atoms with Crippen LogP contribution in [0.4, 0.5) is 16.5 Å². The van der Waals surface area contributed by atoms with E-state index in [9.17, 15) is 14.4 Å². The van der Waals surface area contributed by atoms with E-state index in [1.165, 1.54) is 11.3 Å². The van der Waals surface area contributed by atoms with E-state index in [1.807, 2.05) is 19.1 Å². The van der Waals surface area contributed by atoms with Crippen molar-refractivity contribution < 1.29 is 14.4 Å². The maximum absolute atomic E-state index is 12.6. The molecule has 1 aliphatic rings. The van der Waals surface area contributed by atoms with E-state index < -0.39 is 0 Å². The normalized spacial score (nSPS) is 15.5. The van der Waals surface area contributed by atoms with Crippen LogP contribution in [-0.2, 0) is 9.59 Å². The van der Waals surface area contributed by atoms with Gasteiger partial charge in [0.2, 0.25) is 16.9 Å². The SMILES string of the molecule is CCC(=O)Nc1ccc(C(=O)Nc2nnc(C3CC(=O)N(c4ccc(C)c(Cl)c4)C3)s2)cc1. The first-order chi connectivity index (χ1) is 15.8. The molecule has 2 aromatic carbocycles. The zero-order valence-electron chi connectivity index (χ0n) is 18.1. The van der Waals surface area contributed by atoms with Gasteiger partial charge in [0.15, 0.2) is 0 Å². The summed E-state index contributed by atoms with van der Waals surface area (Å²) in [7, 11) is 0. The highest BCUT2D eigenvalue weighted by atomic mass is 35.5. The molecule has 10 heteroatoms. The van der Waals surface area contributed by atoms with Gasteiger partial charge in [-0.3, -0.25) is 19.7 Å². The molecule has 1 aliphatic heterocycles. The minimum Gasteiger partial charge on any atom is -0.326 e. The monoisotopic (exact) mass is 483 g/mol. The molecule has 8 nitrogen and oxygen atoms in total. The van der Waals surface area contributed by atoms with Gasteiger partial charge in [0.1, 0.15) is 5.01 Å². The van der Waals surface area contributed by atoms with Crippen LogP contribution in [0, 0.1) is 6.92 Å². The molecule has 2 heterocycles. The van der Waals surface area contributed by atoms with E-state index in [0.29, 0.717) is 45.8 Å². The minimum atomic E-state index is -0.329. The number of aromatic nitrogens is 2. The molecule has 0 bridgehead atoms. The molecule has 0 spiro atoms. The van der Waals surface area contributed by atoms with Crippen LogP contribution in [0.25, 0.3) is 0 Å². The van der Waals surface area contributed by atoms with Gasteiger partial charge >= 0.3 is 0 Å². The topological polar surface area (TPSA) is 104 Å². The number of rotatable bonds is 6. The molecule has 0 radical (unpaired) electrons. The summed E-state index contributed by atoms with van der Waals surface area (Å²) in [4.78, 5) is 38.3. The van der Waals surface area contributed by atoms with Crippen molar-refractivity contribution in [3.63, 3.8) is 0 Å². The van der Waals surface area contributed by atoms with Crippen LogP contribution < -0.4 is 15.5 Å². The maximum atomic E-state index is 12.6. The summed E-state index contributed by atoms with van der Waals surface area (Å²) < 4.78 is 0. The molecule has 1 fully saturated rings. The zero-order chi connectivity index (χ0) is 23.5. The van der Waals surface area contributed by atoms with E-state index >= 15 is 0 Å². The number of hydrogen-bond donors (Lipinski definition) is 2. The van der Waals surface area contributed by atoms with E-state index in [2.05, 4.69) is 20.8 Å². The van der Waals surface area contributed by atoms with Crippen molar-refractivity contribution in [2.24, 2.45) is 0 Å². The fourth-order valence-electron chi connectivity index (χ4n) is 3.45. The van der Waals surface area contributed by atoms with E-state index in [-0.39, 0.29) is 23.6 Å². The Morgan fingerprint density at radius 2 is 1.91 bits per heavy atom. The Bertz CT molecular complexity index is 1210. The van der Waals surface area contributed by atoms with E-state index in [4.69, 9.17) is 11.6 Å². The van der Waals surface area contributed by atoms with Crippen molar-refractivity contribution >= 4 is 57.2 Å². The van der Waals surface area contributed by atoms with Gasteiger partial charge in [-0.1, -0.05) is 35.9 Å². The first-order valence-corrected chi connectivity index (χ1v) is 11.6. The van der Waals surface area contributed by atoms with Crippen molar-refractivity contribution in [2.45, 2.75) is 32.6 Å². The molecular weight excluding hydrogens is 462 g/mol. The summed E-state index contributed by atoms with van der Waals surface area (Å²) in [5.41, 5.74) is 2.77. The van der Waals surface area contributed by atoms with Gasteiger partial charge in [0, 0.05) is 47.3 Å². The molecule has 33 heavy (non-hydrogen) atoms. The lowest BCUT2D eigenvalue weighted by atomic mass is 10.1. The lowest BCUT2D eigenvalue weighted by Crippen LogP contribution is -2.24. The number of carbonyl (C=O) groups is 3. The van der Waals surface area contributed by atoms with Gasteiger partial charge < -0.3 is 10.2 Å². The standard InChI is InChI=1S/C23H22ClN5O3S/c1-3-19(30)25-16-7-5-14(6-8-16)21(32)26-23-28-27-22(33-23)15-10-20(31)29(12-15)17-9-4-13(2)18(24)11-17/h4-9,11,15H,3,10,12H2,1-2H3,(H,25,30)(H,26,28,32). The van der Waals surface area contributed by atoms with Gasteiger partial charge in [0.25, 0.3) is 5.91 Å². The Kier molecular flexibility index (Phi) is 6.71. The number of nitrogens with zero attached hydrogens (tertiary/aromatic N) is 3. The summed E-state index contributed by atoms with van der Waals surface area (Å²) in [6.07, 6.45) is 0.698. The van der Waals surface area contributed by atoms with Gasteiger partial charge in [-0.25, -0.2) is 0 Å². The summed E-state index contributed by atoms with van der Waals surface area (Å²) >= 11 is 7.47. The Morgan fingerprint density at radius 3 is 2.61 bits per heavy atom. The predicted octanol–water partition coefficient (Wildman–Crippen LogP) is 4.62. The number of benzene rings is 2. The molecule has 0 saturated carbocycles. The molecular formula is C23H22ClN5O3S. The Labute approximate surface area is 200 Å². The Balaban J connectivity index is 1.39. The fraction of sp³-hybridized carbons (Fsp3) is 0.261. The summed E-state index contributed by atoms with van der Waals surface area (Å²) in [5, 5.41) is 15.4. The number of nitrogens with one attached hydrogen (secondary N) is 2. The molecule has 1 saturated heterocycles. The lowest BCUT2D eigenvalue weighted by molar-refractivity contribution is -0.117. The van der Waals surface area contributed by atoms with Crippen LogP contribution in [0.5, 0.6) is 0 Å². The average Bonchev–Trinajstić information content (AvgIpc) is 3.42. The van der Waals surface area contributed by atoms with Crippen LogP contribution in [0.15, 0.2) is 42.5 Å². The number of amides is 3. The highest BCUT2D eigenvalue weighted by Crippen LogP contribution is 2.35. The smallest absolute Gasteiger partial charge is 0.257 e. The Hall–Kier alpha value is -3.30. The molecule has 3 aromatic rings. The lowest BCUT2D eigenvalue weighted by Gasteiger charge is -2.17. The summed E-state index contributed by atoms with van der Waals surface area (Å²) in [5.74, 6) is -0.536. The minimum absolute atomic E-state index is 0.00374.